The predicted octanol–water partition coefficient (Wildman–Crippen LogP) is 6.64. The first-order valence-corrected chi connectivity index (χ1v) is 17.7. The van der Waals surface area contributed by atoms with E-state index in [1.54, 1.807) is 72.5 Å². The van der Waals surface area contributed by atoms with Gasteiger partial charge in [0.05, 0.1) is 5.56 Å². The highest BCUT2D eigenvalue weighted by molar-refractivity contribution is 7.11. The van der Waals surface area contributed by atoms with Gasteiger partial charge in [-0.2, -0.15) is 0 Å². The number of rotatable bonds is 4. The maximum absolute atomic E-state index is 9.14. The Morgan fingerprint density at radius 1 is 0.585 bits per heavy atom. The summed E-state index contributed by atoms with van der Waals surface area (Å²) in [6.45, 7) is -6.65. The normalized spacial score (nSPS) is 16.8. The highest BCUT2D eigenvalue weighted by Crippen LogP contribution is 2.38. The lowest BCUT2D eigenvalue weighted by atomic mass is 9.20. The Bertz CT molecular complexity index is 3240. The molecule has 0 saturated carbocycles. The molecular weight excluding hydrogens is 642 g/mol. The highest BCUT2D eigenvalue weighted by Gasteiger charge is 2.41. The third-order valence-corrected chi connectivity index (χ3v) is 11.2. The fraction of sp³-hybridized carbons (Fsp3) is 0.167. The zero-order chi connectivity index (χ0) is 46.7. The van der Waals surface area contributed by atoms with E-state index in [9.17, 15) is 0 Å². The third-order valence-electron chi connectivity index (χ3n) is 11.2. The van der Waals surface area contributed by atoms with Crippen LogP contribution in [0.2, 0.25) is 0 Å². The lowest BCUT2D eigenvalue weighted by molar-refractivity contribution is -0.660. The van der Waals surface area contributed by atoms with E-state index in [1.165, 1.54) is 6.20 Å². The summed E-state index contributed by atoms with van der Waals surface area (Å²) in [4.78, 5) is 4.31. The molecule has 1 aliphatic heterocycles. The van der Waals surface area contributed by atoms with Gasteiger partial charge in [-0.25, -0.2) is 4.57 Å². The van der Waals surface area contributed by atoms with Crippen LogP contribution in [0.1, 0.15) is 55.4 Å². The van der Waals surface area contributed by atoms with E-state index in [4.69, 9.17) is 20.9 Å². The molecule has 0 atom stereocenters. The molecule has 53 heavy (non-hydrogen) atoms. The van der Waals surface area contributed by atoms with Crippen molar-refractivity contribution in [3.63, 3.8) is 0 Å². The number of furan rings is 1. The first-order chi connectivity index (χ1) is 30.5. The molecule has 0 fully saturated rings. The van der Waals surface area contributed by atoms with Crippen molar-refractivity contribution in [3.05, 3.63) is 155 Å². The lowest BCUT2D eigenvalue weighted by Crippen LogP contribution is -2.76. The molecule has 1 aliphatic rings. The Balaban J connectivity index is 1.45. The molecule has 3 nitrogen and oxygen atoms in total. The van der Waals surface area contributed by atoms with Gasteiger partial charge in [0.25, 0.3) is 0 Å². The second kappa shape index (κ2) is 12.5. The van der Waals surface area contributed by atoms with Crippen molar-refractivity contribution in [2.24, 2.45) is 7.05 Å². The van der Waals surface area contributed by atoms with Crippen molar-refractivity contribution < 1.29 is 25.4 Å². The van der Waals surface area contributed by atoms with Gasteiger partial charge in [-0.05, 0) is 76.5 Å². The van der Waals surface area contributed by atoms with Crippen molar-refractivity contribution in [1.82, 2.24) is 4.98 Å². The monoisotopic (exact) mass is 697 g/mol. The average molecular weight is 698 g/mol. The first-order valence-electron chi connectivity index (χ1n) is 23.7. The second-order valence-electron chi connectivity index (χ2n) is 14.3. The van der Waals surface area contributed by atoms with E-state index >= 15 is 0 Å². The summed E-state index contributed by atoms with van der Waals surface area (Å²) in [5, 5.41) is 1.60. The molecule has 0 N–H and O–H groups in total. The summed E-state index contributed by atoms with van der Waals surface area (Å²) in [6.07, 6.45) is 4.89. The molecule has 9 rings (SSSR count). The van der Waals surface area contributed by atoms with Gasteiger partial charge in [-0.1, -0.05) is 140 Å². The third kappa shape index (κ3) is 5.12. The van der Waals surface area contributed by atoms with Crippen LogP contribution in [0.25, 0.3) is 44.3 Å². The number of hydrogen-bond acceptors (Lipinski definition) is 2. The number of benzene rings is 5. The van der Waals surface area contributed by atoms with Crippen LogP contribution in [0, 0.1) is 48.2 Å². The zero-order valence-electron chi connectivity index (χ0n) is 41.9. The number of hydrogen-bond donors (Lipinski definition) is 0. The van der Waals surface area contributed by atoms with Crippen molar-refractivity contribution in [1.29, 1.82) is 0 Å². The van der Waals surface area contributed by atoms with E-state index in [0.29, 0.717) is 60.9 Å². The molecular formula is C48H43B2N2O+. The van der Waals surface area contributed by atoms with Crippen LogP contribution in [0.4, 0.5) is 0 Å². The van der Waals surface area contributed by atoms with Crippen molar-refractivity contribution >= 4 is 68.1 Å². The summed E-state index contributed by atoms with van der Waals surface area (Å²) in [7, 11) is 1.74. The minimum Gasteiger partial charge on any atom is -0.455 e. The van der Waals surface area contributed by atoms with E-state index in [-0.39, 0.29) is 33.4 Å². The molecule has 0 spiro atoms. The topological polar surface area (TPSA) is 29.9 Å². The lowest BCUT2D eigenvalue weighted by Gasteiger charge is -2.35. The smallest absolute Gasteiger partial charge is 0.240 e. The second-order valence-corrected chi connectivity index (χ2v) is 14.3. The molecule has 4 heterocycles. The summed E-state index contributed by atoms with van der Waals surface area (Å²) < 4.78 is 115. The molecule has 0 saturated heterocycles. The zero-order valence-corrected chi connectivity index (χ0v) is 29.9. The van der Waals surface area contributed by atoms with Crippen LogP contribution in [0.5, 0.6) is 0 Å². The minimum absolute atomic E-state index is 0.0974. The molecule has 5 heteroatoms. The molecule has 0 unspecified atom stereocenters. The number of pyridine rings is 2. The summed E-state index contributed by atoms with van der Waals surface area (Å²) in [5.41, 5.74) is 8.30. The number of aryl methyl sites for hydroxylation is 8. The summed E-state index contributed by atoms with van der Waals surface area (Å²) in [5.74, 6) is 0. The maximum Gasteiger partial charge on any atom is 0.240 e. The van der Waals surface area contributed by atoms with E-state index in [0.717, 1.165) is 21.8 Å². The van der Waals surface area contributed by atoms with Gasteiger partial charge in [0.15, 0.2) is 6.20 Å². The predicted molar refractivity (Wildman–Crippen MR) is 225 cm³/mol. The summed E-state index contributed by atoms with van der Waals surface area (Å²) >= 11 is 0. The quantitative estimate of drug-likeness (QED) is 0.153. The van der Waals surface area contributed by atoms with Gasteiger partial charge in [0, 0.05) is 51.2 Å². The SMILES string of the molecule is [2H]C([2H])([2H])c1cc2c(cc1-c1cc(-c3c(C)ccc4c3oc3ccncc34)[n+](C)cc1C([2H])([2H])[2H])B(c1c(C)cccc1C([2H])([2H])[2H])c1ccccc1B2c1c(C)cccc1C([2H])([2H])[2H]. The Morgan fingerprint density at radius 3 is 1.87 bits per heavy atom. The molecule has 3 aromatic heterocycles. The molecule has 8 aromatic rings. The highest BCUT2D eigenvalue weighted by atomic mass is 16.3. The van der Waals surface area contributed by atoms with E-state index in [1.807, 2.05) is 69.3 Å². The van der Waals surface area contributed by atoms with Crippen molar-refractivity contribution in [3.8, 4) is 22.4 Å². The minimum atomic E-state index is -2.82. The van der Waals surface area contributed by atoms with E-state index in [2.05, 4.69) is 4.98 Å². The Morgan fingerprint density at radius 2 is 1.21 bits per heavy atom. The first kappa shape index (κ1) is 22.4. The van der Waals surface area contributed by atoms with Gasteiger partial charge in [0.1, 0.15) is 18.2 Å². The van der Waals surface area contributed by atoms with Gasteiger partial charge in [-0.3, -0.25) is 4.98 Å². The van der Waals surface area contributed by atoms with Gasteiger partial charge in [0.2, 0.25) is 19.1 Å². The number of fused-ring (bicyclic) bond motifs is 5. The molecule has 0 radical (unpaired) electrons. The van der Waals surface area contributed by atoms with Crippen LogP contribution >= 0.6 is 0 Å². The van der Waals surface area contributed by atoms with Crippen LogP contribution in [-0.2, 0) is 7.05 Å². The maximum atomic E-state index is 9.14. The van der Waals surface area contributed by atoms with Gasteiger partial charge in [-0.15, -0.1) is 0 Å². The molecule has 0 amide bonds. The standard InChI is InChI=1S/C48H43B2N2O/c1-28-19-20-35-38-26-51-22-21-44(38)53-48(35)45(28)43-25-37(34(7)27-52(43)8)36-24-42-41(23-33(36)6)49(46-29(2)13-11-14-30(46)3)39-17-9-10-18-40(39)50(42)47-31(4)15-12-16-32(47)5/h9-27H,1-8H3/q+1/i2D3,4D3,6D3,7D3. The van der Waals surface area contributed by atoms with Crippen molar-refractivity contribution in [2.75, 3.05) is 0 Å². The fourth-order valence-corrected chi connectivity index (χ4v) is 8.70. The Hall–Kier alpha value is -5.67. The van der Waals surface area contributed by atoms with Crippen LogP contribution in [0.15, 0.2) is 120 Å². The number of nitrogens with zero attached hydrogens (tertiary/aromatic N) is 2. The van der Waals surface area contributed by atoms with Crippen LogP contribution < -0.4 is 37.3 Å². The Kier molecular flexibility index (Phi) is 5.28. The van der Waals surface area contributed by atoms with Crippen LogP contribution in [0.3, 0.4) is 0 Å². The largest absolute Gasteiger partial charge is 0.455 e. The molecule has 5 aromatic carbocycles. The van der Waals surface area contributed by atoms with Crippen molar-refractivity contribution in [2.45, 2.75) is 48.2 Å². The average Bonchev–Trinajstić information content (AvgIpc) is 3.60. The number of aromatic nitrogens is 2. The van der Waals surface area contributed by atoms with E-state index < -0.39 is 40.8 Å². The van der Waals surface area contributed by atoms with Gasteiger partial charge >= 0.3 is 0 Å². The molecule has 0 aliphatic carbocycles. The Labute approximate surface area is 330 Å². The van der Waals surface area contributed by atoms with Gasteiger partial charge < -0.3 is 4.42 Å². The van der Waals surface area contributed by atoms with Crippen LogP contribution in [-0.4, -0.2) is 18.4 Å². The molecule has 256 valence electrons. The summed E-state index contributed by atoms with van der Waals surface area (Å²) in [6, 6.07) is 28.5. The fourth-order valence-electron chi connectivity index (χ4n) is 8.70. The molecule has 0 bridgehead atoms.